The second-order valence-electron chi connectivity index (χ2n) is 8.68. The molecule has 0 heterocycles. The molecule has 0 aromatic rings. The van der Waals surface area contributed by atoms with Gasteiger partial charge in [0.2, 0.25) is 0 Å². The van der Waals surface area contributed by atoms with Crippen molar-refractivity contribution in [2.75, 3.05) is 6.54 Å². The van der Waals surface area contributed by atoms with E-state index in [4.69, 9.17) is 0 Å². The summed E-state index contributed by atoms with van der Waals surface area (Å²) < 4.78 is 0. The van der Waals surface area contributed by atoms with E-state index >= 15 is 0 Å². The fourth-order valence-corrected chi connectivity index (χ4v) is 4.84. The number of hydrogen-bond donors (Lipinski definition) is 1. The molecule has 1 nitrogen and oxygen atoms in total. The Morgan fingerprint density at radius 3 is 2.33 bits per heavy atom. The molecule has 0 aromatic carbocycles. The van der Waals surface area contributed by atoms with Crippen molar-refractivity contribution in [3.63, 3.8) is 0 Å². The van der Waals surface area contributed by atoms with Crippen LogP contribution in [0.3, 0.4) is 0 Å². The Morgan fingerprint density at radius 1 is 1.00 bits per heavy atom. The van der Waals surface area contributed by atoms with E-state index in [9.17, 15) is 0 Å². The van der Waals surface area contributed by atoms with E-state index in [1.54, 1.807) is 0 Å². The third-order valence-corrected chi connectivity index (χ3v) is 6.43. The Morgan fingerprint density at radius 2 is 1.71 bits per heavy atom. The van der Waals surface area contributed by atoms with Gasteiger partial charge in [0.25, 0.3) is 0 Å². The van der Waals surface area contributed by atoms with Crippen LogP contribution in [0.25, 0.3) is 0 Å². The maximum atomic E-state index is 3.98. The van der Waals surface area contributed by atoms with Crippen molar-refractivity contribution in [2.45, 2.75) is 97.9 Å². The molecule has 0 aromatic heterocycles. The largest absolute Gasteiger partial charge is 0.313 e. The van der Waals surface area contributed by atoms with Gasteiger partial charge < -0.3 is 5.32 Å². The van der Waals surface area contributed by atoms with Gasteiger partial charge in [-0.1, -0.05) is 47.0 Å². The van der Waals surface area contributed by atoms with Crippen LogP contribution in [0.1, 0.15) is 91.9 Å². The molecule has 3 unspecified atom stereocenters. The fraction of sp³-hybridized carbons (Fsp3) is 1.00. The average molecular weight is 294 g/mol. The summed E-state index contributed by atoms with van der Waals surface area (Å²) in [6, 6.07) is 0.815. The molecule has 2 saturated carbocycles. The monoisotopic (exact) mass is 293 g/mol. The second-order valence-corrected chi connectivity index (χ2v) is 8.68. The number of hydrogen-bond acceptors (Lipinski definition) is 1. The highest BCUT2D eigenvalue weighted by Gasteiger charge is 2.36. The Labute approximate surface area is 133 Å². The van der Waals surface area contributed by atoms with Gasteiger partial charge in [-0.3, -0.25) is 0 Å². The molecule has 21 heavy (non-hydrogen) atoms. The zero-order chi connectivity index (χ0) is 15.3. The Bertz CT molecular complexity index is 286. The zero-order valence-electron chi connectivity index (χ0n) is 15.1. The number of rotatable bonds is 6. The van der Waals surface area contributed by atoms with Gasteiger partial charge in [-0.2, -0.15) is 0 Å². The van der Waals surface area contributed by atoms with E-state index in [-0.39, 0.29) is 0 Å². The number of nitrogens with one attached hydrogen (secondary N) is 1. The minimum Gasteiger partial charge on any atom is -0.313 e. The topological polar surface area (TPSA) is 12.0 Å². The van der Waals surface area contributed by atoms with Crippen LogP contribution in [0.15, 0.2) is 0 Å². The first-order valence-electron chi connectivity index (χ1n) is 9.79. The second kappa shape index (κ2) is 7.99. The van der Waals surface area contributed by atoms with E-state index in [0.29, 0.717) is 5.41 Å². The molecule has 0 aliphatic heterocycles. The van der Waals surface area contributed by atoms with Crippen molar-refractivity contribution in [2.24, 2.45) is 23.2 Å². The smallest absolute Gasteiger partial charge is 0.0124 e. The van der Waals surface area contributed by atoms with Gasteiger partial charge in [-0.15, -0.1) is 0 Å². The van der Waals surface area contributed by atoms with Gasteiger partial charge in [0, 0.05) is 6.04 Å². The van der Waals surface area contributed by atoms with E-state index in [0.717, 1.165) is 23.8 Å². The van der Waals surface area contributed by atoms with Gasteiger partial charge in [0.15, 0.2) is 0 Å². The lowest BCUT2D eigenvalue weighted by Gasteiger charge is -2.43. The van der Waals surface area contributed by atoms with Crippen molar-refractivity contribution in [1.82, 2.24) is 5.32 Å². The molecule has 2 aliphatic carbocycles. The third kappa shape index (κ3) is 4.98. The standard InChI is InChI=1S/C20H39N/c1-5-14-21-19(17-10-12-20(3,4)13-11-17)18-9-7-8-16(6-2)15-18/h16-19,21H,5-15H2,1-4H3. The van der Waals surface area contributed by atoms with Crippen LogP contribution in [-0.4, -0.2) is 12.6 Å². The van der Waals surface area contributed by atoms with Crippen molar-refractivity contribution in [3.8, 4) is 0 Å². The predicted octanol–water partition coefficient (Wildman–Crippen LogP) is 5.79. The summed E-state index contributed by atoms with van der Waals surface area (Å²) in [5, 5.41) is 3.98. The quantitative estimate of drug-likeness (QED) is 0.654. The average Bonchev–Trinajstić information content (AvgIpc) is 2.49. The first-order chi connectivity index (χ1) is 10.1. The molecule has 0 amide bonds. The van der Waals surface area contributed by atoms with Crippen LogP contribution < -0.4 is 5.32 Å². The molecule has 0 radical (unpaired) electrons. The molecule has 2 fully saturated rings. The van der Waals surface area contributed by atoms with E-state index in [1.165, 1.54) is 70.8 Å². The summed E-state index contributed by atoms with van der Waals surface area (Å²) >= 11 is 0. The predicted molar refractivity (Wildman–Crippen MR) is 93.6 cm³/mol. The minimum atomic E-state index is 0.602. The molecular weight excluding hydrogens is 254 g/mol. The van der Waals surface area contributed by atoms with Gasteiger partial charge in [-0.25, -0.2) is 0 Å². The molecule has 1 heteroatoms. The first-order valence-corrected chi connectivity index (χ1v) is 9.79. The molecule has 3 atom stereocenters. The molecule has 0 bridgehead atoms. The molecule has 2 aliphatic rings. The van der Waals surface area contributed by atoms with Crippen LogP contribution >= 0.6 is 0 Å². The highest BCUT2D eigenvalue weighted by Crippen LogP contribution is 2.43. The summed E-state index contributed by atoms with van der Waals surface area (Å²) in [6.45, 7) is 10.9. The molecule has 1 N–H and O–H groups in total. The van der Waals surface area contributed by atoms with Crippen LogP contribution in [0, 0.1) is 23.2 Å². The van der Waals surface area contributed by atoms with Gasteiger partial charge >= 0.3 is 0 Å². The van der Waals surface area contributed by atoms with E-state index in [1.807, 2.05) is 0 Å². The lowest BCUT2D eigenvalue weighted by Crippen LogP contribution is -2.46. The first kappa shape index (κ1) is 17.3. The van der Waals surface area contributed by atoms with Gasteiger partial charge in [-0.05, 0) is 74.7 Å². The maximum Gasteiger partial charge on any atom is 0.0124 e. The lowest BCUT2D eigenvalue weighted by atomic mass is 9.66. The lowest BCUT2D eigenvalue weighted by molar-refractivity contribution is 0.108. The van der Waals surface area contributed by atoms with E-state index in [2.05, 4.69) is 33.0 Å². The van der Waals surface area contributed by atoms with E-state index < -0.39 is 0 Å². The van der Waals surface area contributed by atoms with Crippen molar-refractivity contribution in [1.29, 1.82) is 0 Å². The summed E-state index contributed by atoms with van der Waals surface area (Å²) in [5.74, 6) is 2.92. The normalized spacial score (nSPS) is 32.0. The van der Waals surface area contributed by atoms with Crippen LogP contribution in [0.2, 0.25) is 0 Å². The Balaban J connectivity index is 1.97. The molecule has 124 valence electrons. The minimum absolute atomic E-state index is 0.602. The van der Waals surface area contributed by atoms with Crippen LogP contribution in [0.4, 0.5) is 0 Å². The maximum absolute atomic E-state index is 3.98. The molecule has 2 rings (SSSR count). The summed E-state index contributed by atoms with van der Waals surface area (Å²) in [6.07, 6.45) is 14.4. The summed E-state index contributed by atoms with van der Waals surface area (Å²) in [7, 11) is 0. The Hall–Kier alpha value is -0.0400. The molecule has 0 spiro atoms. The highest BCUT2D eigenvalue weighted by atomic mass is 14.9. The zero-order valence-corrected chi connectivity index (χ0v) is 15.1. The highest BCUT2D eigenvalue weighted by molar-refractivity contribution is 4.91. The van der Waals surface area contributed by atoms with Gasteiger partial charge in [0.1, 0.15) is 0 Å². The summed E-state index contributed by atoms with van der Waals surface area (Å²) in [4.78, 5) is 0. The van der Waals surface area contributed by atoms with Crippen LogP contribution in [-0.2, 0) is 0 Å². The summed E-state index contributed by atoms with van der Waals surface area (Å²) in [5.41, 5.74) is 0.602. The van der Waals surface area contributed by atoms with Crippen molar-refractivity contribution < 1.29 is 0 Å². The van der Waals surface area contributed by atoms with Gasteiger partial charge in [0.05, 0.1) is 0 Å². The van der Waals surface area contributed by atoms with Crippen molar-refractivity contribution >= 4 is 0 Å². The third-order valence-electron chi connectivity index (χ3n) is 6.43. The Kier molecular flexibility index (Phi) is 6.59. The fourth-order valence-electron chi connectivity index (χ4n) is 4.84. The molecular formula is C20H39N. The van der Waals surface area contributed by atoms with Crippen molar-refractivity contribution in [3.05, 3.63) is 0 Å². The van der Waals surface area contributed by atoms with Crippen LogP contribution in [0.5, 0.6) is 0 Å². The SMILES string of the molecule is CCCNC(C1CCC(C)(C)CC1)C1CCCC(CC)C1. The molecule has 0 saturated heterocycles.